The van der Waals surface area contributed by atoms with Crippen molar-refractivity contribution in [3.05, 3.63) is 59.4 Å². The molecule has 2 N–H and O–H groups in total. The van der Waals surface area contributed by atoms with Gasteiger partial charge in [-0.15, -0.1) is 0 Å². The van der Waals surface area contributed by atoms with Crippen molar-refractivity contribution >= 4 is 5.96 Å². The molecule has 0 radical (unpaired) electrons. The molecule has 0 aliphatic heterocycles. The summed E-state index contributed by atoms with van der Waals surface area (Å²) in [6, 6.07) is 12.5. The van der Waals surface area contributed by atoms with Crippen molar-refractivity contribution in [2.45, 2.75) is 39.5 Å². The van der Waals surface area contributed by atoms with Gasteiger partial charge in [-0.25, -0.2) is 0 Å². The minimum atomic E-state index is 0.831. The van der Waals surface area contributed by atoms with Crippen LogP contribution in [0.1, 0.15) is 36.6 Å². The number of benzene rings is 1. The average molecular weight is 369 g/mol. The number of guanidine groups is 1. The summed E-state index contributed by atoms with van der Waals surface area (Å²) in [5.41, 5.74) is 3.64. The van der Waals surface area contributed by atoms with Gasteiger partial charge in [-0.2, -0.15) is 0 Å². The highest BCUT2D eigenvalue weighted by Gasteiger charge is 1.99. The molecule has 146 valence electrons. The Kier molecular flexibility index (Phi) is 9.18. The van der Waals surface area contributed by atoms with Crippen molar-refractivity contribution in [1.29, 1.82) is 0 Å². The van der Waals surface area contributed by atoms with E-state index in [1.807, 2.05) is 25.3 Å². The summed E-state index contributed by atoms with van der Waals surface area (Å²) in [6.07, 6.45) is 6.16. The highest BCUT2D eigenvalue weighted by atomic mass is 16.5. The normalized spacial score (nSPS) is 11.3. The quantitative estimate of drug-likeness (QED) is 0.383. The molecule has 0 aliphatic carbocycles. The Morgan fingerprint density at radius 2 is 1.78 bits per heavy atom. The number of aryl methyl sites for hydroxylation is 2. The second-order valence-electron chi connectivity index (χ2n) is 6.55. The number of methoxy groups -OCH3 is 1. The van der Waals surface area contributed by atoms with Gasteiger partial charge < -0.3 is 15.4 Å². The van der Waals surface area contributed by atoms with E-state index in [-0.39, 0.29) is 0 Å². The van der Waals surface area contributed by atoms with E-state index in [1.165, 1.54) is 11.1 Å². The largest absolute Gasteiger partial charge is 0.497 e. The number of unbranched alkanes of at least 4 members (excludes halogenated alkanes) is 1. The van der Waals surface area contributed by atoms with Crippen LogP contribution in [-0.2, 0) is 12.8 Å². The summed E-state index contributed by atoms with van der Waals surface area (Å²) >= 11 is 0. The molecule has 27 heavy (non-hydrogen) atoms. The van der Waals surface area contributed by atoms with Crippen LogP contribution in [0.5, 0.6) is 5.75 Å². The predicted octanol–water partition coefficient (Wildman–Crippen LogP) is 3.52. The van der Waals surface area contributed by atoms with Crippen LogP contribution in [0.3, 0.4) is 0 Å². The molecular weight excluding hydrogens is 336 g/mol. The van der Waals surface area contributed by atoms with Crippen LogP contribution in [0.4, 0.5) is 0 Å². The van der Waals surface area contributed by atoms with Gasteiger partial charge in [-0.05, 0) is 68.9 Å². The van der Waals surface area contributed by atoms with E-state index in [0.29, 0.717) is 0 Å². The topological polar surface area (TPSA) is 58.5 Å². The third-order valence-corrected chi connectivity index (χ3v) is 4.33. The first-order chi connectivity index (χ1) is 13.2. The number of aliphatic imine (C=N–C) groups is 1. The van der Waals surface area contributed by atoms with Crippen LogP contribution in [-0.4, -0.2) is 37.7 Å². The summed E-state index contributed by atoms with van der Waals surface area (Å²) in [7, 11) is 1.70. The highest BCUT2D eigenvalue weighted by Crippen LogP contribution is 2.13. The second-order valence-corrected chi connectivity index (χ2v) is 6.55. The average Bonchev–Trinajstić information content (AvgIpc) is 2.69. The third kappa shape index (κ3) is 8.11. The van der Waals surface area contributed by atoms with Crippen LogP contribution < -0.4 is 15.4 Å². The van der Waals surface area contributed by atoms with Gasteiger partial charge in [-0.1, -0.05) is 18.2 Å². The van der Waals surface area contributed by atoms with Crippen LogP contribution in [0.2, 0.25) is 0 Å². The van der Waals surface area contributed by atoms with E-state index in [0.717, 1.165) is 62.7 Å². The standard InChI is InChI=1S/C22H32N4O/c1-4-23-22(25-16-14-20-9-8-18(2)26-17-20)24-15-6-5-7-19-10-12-21(27-3)13-11-19/h8-13,17H,4-7,14-16H2,1-3H3,(H2,23,24,25). The maximum atomic E-state index is 5.19. The van der Waals surface area contributed by atoms with E-state index >= 15 is 0 Å². The fourth-order valence-electron chi connectivity index (χ4n) is 2.74. The predicted molar refractivity (Wildman–Crippen MR) is 113 cm³/mol. The molecule has 0 atom stereocenters. The van der Waals surface area contributed by atoms with Gasteiger partial charge in [0.25, 0.3) is 0 Å². The molecule has 0 saturated heterocycles. The van der Waals surface area contributed by atoms with E-state index in [4.69, 9.17) is 4.74 Å². The first-order valence-corrected chi connectivity index (χ1v) is 9.78. The number of rotatable bonds is 10. The zero-order chi connectivity index (χ0) is 19.3. The molecule has 1 aromatic carbocycles. The molecule has 0 bridgehead atoms. The summed E-state index contributed by atoms with van der Waals surface area (Å²) in [5.74, 6) is 1.80. The number of ether oxygens (including phenoxy) is 1. The van der Waals surface area contributed by atoms with Crippen molar-refractivity contribution in [2.24, 2.45) is 4.99 Å². The maximum Gasteiger partial charge on any atom is 0.191 e. The molecule has 2 rings (SSSR count). The highest BCUT2D eigenvalue weighted by molar-refractivity contribution is 5.79. The molecule has 2 aromatic rings. The third-order valence-electron chi connectivity index (χ3n) is 4.33. The first-order valence-electron chi connectivity index (χ1n) is 9.78. The summed E-state index contributed by atoms with van der Waals surface area (Å²) in [4.78, 5) is 9.01. The molecule has 5 heteroatoms. The Hall–Kier alpha value is -2.56. The van der Waals surface area contributed by atoms with Crippen molar-refractivity contribution in [3.63, 3.8) is 0 Å². The maximum absolute atomic E-state index is 5.19. The lowest BCUT2D eigenvalue weighted by molar-refractivity contribution is 0.414. The molecule has 0 spiro atoms. The Balaban J connectivity index is 1.68. The molecule has 1 aromatic heterocycles. The van der Waals surface area contributed by atoms with E-state index in [9.17, 15) is 0 Å². The van der Waals surface area contributed by atoms with Gasteiger partial charge in [0.2, 0.25) is 0 Å². The molecule has 0 amide bonds. The molecular formula is C22H32N4O. The molecule has 0 saturated carbocycles. The monoisotopic (exact) mass is 368 g/mol. The number of pyridine rings is 1. The van der Waals surface area contributed by atoms with Gasteiger partial charge in [0.15, 0.2) is 5.96 Å². The Morgan fingerprint density at radius 3 is 2.44 bits per heavy atom. The fourth-order valence-corrected chi connectivity index (χ4v) is 2.74. The smallest absolute Gasteiger partial charge is 0.191 e. The number of aromatic nitrogens is 1. The van der Waals surface area contributed by atoms with E-state index < -0.39 is 0 Å². The van der Waals surface area contributed by atoms with Crippen molar-refractivity contribution in [2.75, 3.05) is 26.7 Å². The van der Waals surface area contributed by atoms with Crippen LogP contribution in [0, 0.1) is 6.92 Å². The number of nitrogens with zero attached hydrogens (tertiary/aromatic N) is 2. The van der Waals surface area contributed by atoms with Gasteiger partial charge >= 0.3 is 0 Å². The lowest BCUT2D eigenvalue weighted by atomic mass is 10.1. The van der Waals surface area contributed by atoms with Gasteiger partial charge in [0.05, 0.1) is 7.11 Å². The molecule has 5 nitrogen and oxygen atoms in total. The number of nitrogens with one attached hydrogen (secondary N) is 2. The molecule has 0 fully saturated rings. The van der Waals surface area contributed by atoms with Gasteiger partial charge in [0, 0.05) is 31.5 Å². The minimum absolute atomic E-state index is 0.831. The van der Waals surface area contributed by atoms with Gasteiger partial charge in [-0.3, -0.25) is 9.98 Å². The van der Waals surface area contributed by atoms with Crippen molar-refractivity contribution in [1.82, 2.24) is 15.6 Å². The van der Waals surface area contributed by atoms with Crippen LogP contribution >= 0.6 is 0 Å². The lowest BCUT2D eigenvalue weighted by Gasteiger charge is -2.11. The zero-order valence-corrected chi connectivity index (χ0v) is 16.8. The Morgan fingerprint density at radius 1 is 1.00 bits per heavy atom. The molecule has 0 aliphatic rings. The summed E-state index contributed by atoms with van der Waals surface area (Å²) in [5, 5.41) is 6.71. The summed E-state index contributed by atoms with van der Waals surface area (Å²) in [6.45, 7) is 6.64. The number of hydrogen-bond donors (Lipinski definition) is 2. The van der Waals surface area contributed by atoms with Crippen molar-refractivity contribution in [3.8, 4) is 5.75 Å². The Bertz CT molecular complexity index is 680. The first kappa shape index (κ1) is 20.7. The van der Waals surface area contributed by atoms with Crippen molar-refractivity contribution < 1.29 is 4.74 Å². The fraction of sp³-hybridized carbons (Fsp3) is 0.455. The Labute approximate surface area is 163 Å². The molecule has 1 heterocycles. The minimum Gasteiger partial charge on any atom is -0.497 e. The van der Waals surface area contributed by atoms with Crippen LogP contribution in [0.25, 0.3) is 0 Å². The SMILES string of the molecule is CCNC(=NCCCCc1ccc(OC)cc1)NCCc1ccc(C)nc1. The summed E-state index contributed by atoms with van der Waals surface area (Å²) < 4.78 is 5.19. The zero-order valence-electron chi connectivity index (χ0n) is 16.8. The van der Waals surface area contributed by atoms with E-state index in [1.54, 1.807) is 7.11 Å². The lowest BCUT2D eigenvalue weighted by Crippen LogP contribution is -2.38. The van der Waals surface area contributed by atoms with Crippen LogP contribution in [0.15, 0.2) is 47.6 Å². The van der Waals surface area contributed by atoms with E-state index in [2.05, 4.69) is 51.8 Å². The second kappa shape index (κ2) is 11.9. The molecule has 0 unspecified atom stereocenters. The number of hydrogen-bond acceptors (Lipinski definition) is 3. The van der Waals surface area contributed by atoms with Gasteiger partial charge in [0.1, 0.15) is 5.75 Å².